The van der Waals surface area contributed by atoms with Gasteiger partial charge in [-0.15, -0.1) is 5.10 Å². The summed E-state index contributed by atoms with van der Waals surface area (Å²) in [5.74, 6) is -0.523. The van der Waals surface area contributed by atoms with E-state index >= 15 is 0 Å². The fraction of sp³-hybridized carbons (Fsp3) is 0.200. The van der Waals surface area contributed by atoms with Gasteiger partial charge in [-0.3, -0.25) is 0 Å². The molecule has 0 unspecified atom stereocenters. The highest BCUT2D eigenvalue weighted by Crippen LogP contribution is 2.06. The lowest BCUT2D eigenvalue weighted by molar-refractivity contribution is 0.558. The van der Waals surface area contributed by atoms with E-state index in [1.807, 2.05) is 22.6 Å². The summed E-state index contributed by atoms with van der Waals surface area (Å²) in [7, 11) is 0. The second-order valence-corrected chi connectivity index (χ2v) is 2.76. The maximum atomic E-state index is 12.2. The largest absolute Gasteiger partial charge is 0.234 e. The number of aryl methyl sites for hydroxylation is 1. The lowest BCUT2D eigenvalue weighted by Crippen LogP contribution is -1.92. The topological polar surface area (TPSA) is 25.8 Å². The van der Waals surface area contributed by atoms with E-state index in [9.17, 15) is 4.39 Å². The highest BCUT2D eigenvalue weighted by atomic mass is 127. The molecule has 48 valence electrons. The lowest BCUT2D eigenvalue weighted by atomic mass is 10.4. The van der Waals surface area contributed by atoms with E-state index in [0.29, 0.717) is 0 Å². The van der Waals surface area contributed by atoms with E-state index < -0.39 is 5.95 Å². The number of nitrogens with zero attached hydrogens (tertiary/aromatic N) is 2. The normalized spacial score (nSPS) is 9.67. The van der Waals surface area contributed by atoms with Crippen molar-refractivity contribution >= 4 is 22.6 Å². The highest BCUT2D eigenvalue weighted by Gasteiger charge is 1.96. The molecule has 0 radical (unpaired) electrons. The number of rotatable bonds is 0. The Bertz CT molecular complexity index is 226. The Morgan fingerprint density at radius 1 is 1.56 bits per heavy atom. The Hall–Kier alpha value is -0.260. The molecule has 0 amide bonds. The molecule has 0 N–H and O–H groups in total. The molecule has 9 heavy (non-hydrogen) atoms. The molecule has 0 atom stereocenters. The van der Waals surface area contributed by atoms with Crippen LogP contribution in [0, 0.1) is 16.4 Å². The SMILES string of the molecule is Cc1nnc(F)cc1I. The van der Waals surface area contributed by atoms with E-state index in [4.69, 9.17) is 0 Å². The van der Waals surface area contributed by atoms with Gasteiger partial charge in [-0.05, 0) is 29.5 Å². The average Bonchev–Trinajstić information content (AvgIpc) is 1.80. The van der Waals surface area contributed by atoms with Crippen LogP contribution in [0.15, 0.2) is 6.07 Å². The summed E-state index contributed by atoms with van der Waals surface area (Å²) >= 11 is 2.01. The first-order chi connectivity index (χ1) is 4.20. The van der Waals surface area contributed by atoms with Gasteiger partial charge in [-0.2, -0.15) is 9.49 Å². The molecule has 0 aromatic carbocycles. The van der Waals surface area contributed by atoms with Gasteiger partial charge in [0.05, 0.1) is 5.69 Å². The highest BCUT2D eigenvalue weighted by molar-refractivity contribution is 14.1. The molecular formula is C5H4FIN2. The number of aromatic nitrogens is 2. The number of hydrogen-bond donors (Lipinski definition) is 0. The zero-order valence-corrected chi connectivity index (χ0v) is 6.89. The van der Waals surface area contributed by atoms with E-state index in [1.54, 1.807) is 6.92 Å². The fourth-order valence-corrected chi connectivity index (χ4v) is 0.773. The van der Waals surface area contributed by atoms with Crippen LogP contribution in [0.1, 0.15) is 5.69 Å². The summed E-state index contributed by atoms with van der Waals surface area (Å²) in [6.45, 7) is 1.79. The Morgan fingerprint density at radius 2 is 2.22 bits per heavy atom. The minimum atomic E-state index is -0.523. The zero-order valence-electron chi connectivity index (χ0n) is 4.73. The Kier molecular flexibility index (Phi) is 1.94. The Labute approximate surface area is 65.6 Å². The molecule has 0 fully saturated rings. The monoisotopic (exact) mass is 238 g/mol. The smallest absolute Gasteiger partial charge is 0.183 e. The van der Waals surface area contributed by atoms with Crippen molar-refractivity contribution < 1.29 is 4.39 Å². The van der Waals surface area contributed by atoms with Gasteiger partial charge in [0.2, 0.25) is 5.95 Å². The van der Waals surface area contributed by atoms with Crippen molar-refractivity contribution in [1.82, 2.24) is 10.2 Å². The molecule has 2 nitrogen and oxygen atoms in total. The first-order valence-electron chi connectivity index (χ1n) is 2.35. The standard InChI is InChI=1S/C5H4FIN2/c1-3-4(7)2-5(6)9-8-3/h2H,1H3. The third kappa shape index (κ3) is 1.57. The summed E-state index contributed by atoms with van der Waals surface area (Å²) in [6, 6.07) is 1.35. The van der Waals surface area contributed by atoms with Crippen LogP contribution in [0.5, 0.6) is 0 Å². The summed E-state index contributed by atoms with van der Waals surface area (Å²) in [4.78, 5) is 0. The van der Waals surface area contributed by atoms with E-state index in [1.165, 1.54) is 6.07 Å². The van der Waals surface area contributed by atoms with Crippen LogP contribution in [0.4, 0.5) is 4.39 Å². The van der Waals surface area contributed by atoms with Crippen molar-refractivity contribution in [3.8, 4) is 0 Å². The maximum Gasteiger partial charge on any atom is 0.234 e. The van der Waals surface area contributed by atoms with Gasteiger partial charge < -0.3 is 0 Å². The van der Waals surface area contributed by atoms with Gasteiger partial charge in [0.15, 0.2) is 0 Å². The third-order valence-corrected chi connectivity index (χ3v) is 1.98. The quantitative estimate of drug-likeness (QED) is 0.640. The summed E-state index contributed by atoms with van der Waals surface area (Å²) in [5, 5.41) is 6.76. The molecule has 4 heteroatoms. The first kappa shape index (κ1) is 6.85. The van der Waals surface area contributed by atoms with Crippen molar-refractivity contribution in [2.75, 3.05) is 0 Å². The molecular weight excluding hydrogens is 234 g/mol. The average molecular weight is 238 g/mol. The molecule has 1 rings (SSSR count). The van der Waals surface area contributed by atoms with Gasteiger partial charge >= 0.3 is 0 Å². The van der Waals surface area contributed by atoms with Crippen LogP contribution in [-0.2, 0) is 0 Å². The zero-order chi connectivity index (χ0) is 6.85. The number of halogens is 2. The van der Waals surface area contributed by atoms with Gasteiger partial charge in [0.1, 0.15) is 0 Å². The van der Waals surface area contributed by atoms with Crippen molar-refractivity contribution in [3.63, 3.8) is 0 Å². The van der Waals surface area contributed by atoms with Gasteiger partial charge in [0, 0.05) is 9.64 Å². The van der Waals surface area contributed by atoms with Crippen molar-refractivity contribution in [1.29, 1.82) is 0 Å². The molecule has 0 aliphatic heterocycles. The summed E-state index contributed by atoms with van der Waals surface area (Å²) in [5.41, 5.74) is 0.761. The van der Waals surface area contributed by atoms with Gasteiger partial charge in [-0.1, -0.05) is 0 Å². The van der Waals surface area contributed by atoms with Crippen LogP contribution in [0.3, 0.4) is 0 Å². The first-order valence-corrected chi connectivity index (χ1v) is 3.43. The van der Waals surface area contributed by atoms with Crippen LogP contribution in [0.25, 0.3) is 0 Å². The van der Waals surface area contributed by atoms with E-state index in [2.05, 4.69) is 10.2 Å². The molecule has 1 aromatic heterocycles. The van der Waals surface area contributed by atoms with Gasteiger partial charge in [0.25, 0.3) is 0 Å². The molecule has 0 saturated carbocycles. The van der Waals surface area contributed by atoms with Gasteiger partial charge in [-0.25, -0.2) is 0 Å². The third-order valence-electron chi connectivity index (χ3n) is 0.887. The second-order valence-electron chi connectivity index (χ2n) is 1.60. The Morgan fingerprint density at radius 3 is 2.67 bits per heavy atom. The summed E-state index contributed by atoms with van der Waals surface area (Å²) in [6.07, 6.45) is 0. The molecule has 1 heterocycles. The minimum absolute atomic E-state index is 0.523. The lowest BCUT2D eigenvalue weighted by Gasteiger charge is -1.91. The van der Waals surface area contributed by atoms with Crippen molar-refractivity contribution in [3.05, 3.63) is 21.3 Å². The number of hydrogen-bond acceptors (Lipinski definition) is 2. The van der Waals surface area contributed by atoms with Crippen LogP contribution >= 0.6 is 22.6 Å². The molecule has 0 saturated heterocycles. The Balaban J connectivity index is 3.17. The molecule has 0 aliphatic carbocycles. The van der Waals surface area contributed by atoms with Crippen LogP contribution in [-0.4, -0.2) is 10.2 Å². The summed E-state index contributed by atoms with van der Waals surface area (Å²) < 4.78 is 13.0. The molecule has 0 spiro atoms. The predicted octanol–water partition coefficient (Wildman–Crippen LogP) is 1.53. The van der Waals surface area contributed by atoms with E-state index in [0.717, 1.165) is 9.26 Å². The van der Waals surface area contributed by atoms with Crippen LogP contribution in [0.2, 0.25) is 0 Å². The van der Waals surface area contributed by atoms with Crippen molar-refractivity contribution in [2.24, 2.45) is 0 Å². The van der Waals surface area contributed by atoms with Crippen LogP contribution < -0.4 is 0 Å². The predicted molar refractivity (Wildman–Crippen MR) is 39.4 cm³/mol. The molecule has 0 bridgehead atoms. The fourth-order valence-electron chi connectivity index (χ4n) is 0.408. The minimum Gasteiger partial charge on any atom is -0.183 e. The second kappa shape index (κ2) is 2.55. The van der Waals surface area contributed by atoms with E-state index in [-0.39, 0.29) is 0 Å². The maximum absolute atomic E-state index is 12.2. The molecule has 1 aromatic rings. The molecule has 0 aliphatic rings. The van der Waals surface area contributed by atoms with Crippen molar-refractivity contribution in [2.45, 2.75) is 6.92 Å².